The number of nitrogens with zero attached hydrogens (tertiary/aromatic N) is 5. The number of rotatable bonds is 2. The SMILES string of the molecule is N#Cc1ccc(C(=O)N2CCCC2c2nnc3n2CCCCC3)cc1. The summed E-state index contributed by atoms with van der Waals surface area (Å²) in [5.74, 6) is 2.01. The highest BCUT2D eigenvalue weighted by atomic mass is 16.2. The van der Waals surface area contributed by atoms with Crippen molar-refractivity contribution >= 4 is 5.91 Å². The molecule has 0 bridgehead atoms. The van der Waals surface area contributed by atoms with E-state index in [4.69, 9.17) is 5.26 Å². The second-order valence-corrected chi connectivity index (χ2v) is 6.78. The lowest BCUT2D eigenvalue weighted by molar-refractivity contribution is 0.0727. The molecule has 2 aliphatic heterocycles. The predicted octanol–water partition coefficient (Wildman–Crippen LogP) is 2.85. The maximum atomic E-state index is 13.0. The molecule has 0 aliphatic carbocycles. The fraction of sp³-hybridized carbons (Fsp3) is 0.474. The van der Waals surface area contributed by atoms with Gasteiger partial charge in [0, 0.05) is 25.1 Å². The molecule has 1 aromatic heterocycles. The van der Waals surface area contributed by atoms with Crippen molar-refractivity contribution in [1.82, 2.24) is 19.7 Å². The zero-order valence-electron chi connectivity index (χ0n) is 14.2. The monoisotopic (exact) mass is 335 g/mol. The van der Waals surface area contributed by atoms with Gasteiger partial charge in [0.25, 0.3) is 5.91 Å². The minimum Gasteiger partial charge on any atom is -0.328 e. The van der Waals surface area contributed by atoms with Gasteiger partial charge in [-0.25, -0.2) is 0 Å². The Kier molecular flexibility index (Phi) is 4.22. The van der Waals surface area contributed by atoms with Crippen molar-refractivity contribution in [2.45, 2.75) is 51.1 Å². The molecular formula is C19H21N5O. The number of carbonyl (C=O) groups is 1. The molecule has 2 aromatic rings. The summed E-state index contributed by atoms with van der Waals surface area (Å²) in [6.45, 7) is 1.69. The first-order valence-corrected chi connectivity index (χ1v) is 9.01. The van der Waals surface area contributed by atoms with Crippen molar-refractivity contribution in [3.63, 3.8) is 0 Å². The molecule has 25 heavy (non-hydrogen) atoms. The average molecular weight is 335 g/mol. The van der Waals surface area contributed by atoms with Gasteiger partial charge in [-0.15, -0.1) is 10.2 Å². The van der Waals surface area contributed by atoms with Crippen LogP contribution in [0.15, 0.2) is 24.3 Å². The zero-order valence-corrected chi connectivity index (χ0v) is 14.2. The van der Waals surface area contributed by atoms with Crippen LogP contribution in [0.1, 0.15) is 65.7 Å². The number of fused-ring (bicyclic) bond motifs is 1. The van der Waals surface area contributed by atoms with Gasteiger partial charge >= 0.3 is 0 Å². The van der Waals surface area contributed by atoms with E-state index < -0.39 is 0 Å². The van der Waals surface area contributed by atoms with Crippen LogP contribution >= 0.6 is 0 Å². The topological polar surface area (TPSA) is 74.8 Å². The average Bonchev–Trinajstić information content (AvgIpc) is 3.22. The Balaban J connectivity index is 1.61. The lowest BCUT2D eigenvalue weighted by Gasteiger charge is -2.24. The van der Waals surface area contributed by atoms with Crippen molar-refractivity contribution in [2.24, 2.45) is 0 Å². The Morgan fingerprint density at radius 1 is 1.08 bits per heavy atom. The highest BCUT2D eigenvalue weighted by molar-refractivity contribution is 5.94. The Labute approximate surface area is 147 Å². The van der Waals surface area contributed by atoms with Gasteiger partial charge in [0.2, 0.25) is 0 Å². The van der Waals surface area contributed by atoms with E-state index in [1.54, 1.807) is 24.3 Å². The molecule has 3 heterocycles. The predicted molar refractivity (Wildman–Crippen MR) is 91.7 cm³/mol. The number of hydrogen-bond donors (Lipinski definition) is 0. The van der Waals surface area contributed by atoms with Crippen molar-refractivity contribution < 1.29 is 4.79 Å². The van der Waals surface area contributed by atoms with Gasteiger partial charge in [-0.2, -0.15) is 5.26 Å². The largest absolute Gasteiger partial charge is 0.328 e. The lowest BCUT2D eigenvalue weighted by Crippen LogP contribution is -2.32. The first-order valence-electron chi connectivity index (χ1n) is 9.01. The Bertz CT molecular complexity index is 817. The summed E-state index contributed by atoms with van der Waals surface area (Å²) in [4.78, 5) is 14.9. The van der Waals surface area contributed by atoms with E-state index in [1.807, 2.05) is 4.90 Å². The summed E-state index contributed by atoms with van der Waals surface area (Å²) in [5.41, 5.74) is 1.19. The number of hydrogen-bond acceptors (Lipinski definition) is 4. The van der Waals surface area contributed by atoms with Crippen molar-refractivity contribution in [3.8, 4) is 6.07 Å². The number of nitriles is 1. The van der Waals surface area contributed by atoms with Crippen LogP contribution in [0.3, 0.4) is 0 Å². The van der Waals surface area contributed by atoms with Crippen LogP contribution in [0.4, 0.5) is 0 Å². The molecule has 0 saturated carbocycles. The molecule has 1 atom stereocenters. The molecule has 0 radical (unpaired) electrons. The maximum Gasteiger partial charge on any atom is 0.254 e. The lowest BCUT2D eigenvalue weighted by atomic mass is 10.1. The van der Waals surface area contributed by atoms with Crippen LogP contribution in [-0.4, -0.2) is 32.1 Å². The van der Waals surface area contributed by atoms with Crippen LogP contribution in [0.5, 0.6) is 0 Å². The van der Waals surface area contributed by atoms with Gasteiger partial charge in [0.05, 0.1) is 17.7 Å². The van der Waals surface area contributed by atoms with Crippen LogP contribution in [0.25, 0.3) is 0 Å². The van der Waals surface area contributed by atoms with Gasteiger partial charge in [0.15, 0.2) is 5.82 Å². The van der Waals surface area contributed by atoms with Crippen LogP contribution in [-0.2, 0) is 13.0 Å². The first kappa shape index (κ1) is 15.8. The second kappa shape index (κ2) is 6.67. The van der Waals surface area contributed by atoms with Crippen LogP contribution in [0.2, 0.25) is 0 Å². The maximum absolute atomic E-state index is 13.0. The van der Waals surface area contributed by atoms with Crippen LogP contribution < -0.4 is 0 Å². The molecule has 1 aromatic carbocycles. The Morgan fingerprint density at radius 2 is 1.92 bits per heavy atom. The molecule has 1 fully saturated rings. The van der Waals surface area contributed by atoms with Gasteiger partial charge in [-0.1, -0.05) is 6.42 Å². The minimum atomic E-state index is 0.00231. The van der Waals surface area contributed by atoms with E-state index in [9.17, 15) is 4.79 Å². The van der Waals surface area contributed by atoms with E-state index in [1.165, 1.54) is 6.42 Å². The summed E-state index contributed by atoms with van der Waals surface area (Å²) >= 11 is 0. The fourth-order valence-electron chi connectivity index (χ4n) is 3.89. The molecule has 6 nitrogen and oxygen atoms in total. The van der Waals surface area contributed by atoms with Crippen molar-refractivity contribution in [1.29, 1.82) is 5.26 Å². The molecule has 1 saturated heterocycles. The van der Waals surface area contributed by atoms with Crippen molar-refractivity contribution in [3.05, 3.63) is 47.0 Å². The summed E-state index contributed by atoms with van der Waals surface area (Å²) < 4.78 is 2.24. The van der Waals surface area contributed by atoms with Gasteiger partial charge < -0.3 is 9.47 Å². The van der Waals surface area contributed by atoms with E-state index in [-0.39, 0.29) is 11.9 Å². The molecule has 0 spiro atoms. The summed E-state index contributed by atoms with van der Waals surface area (Å²) in [6.07, 6.45) is 6.42. The van der Waals surface area contributed by atoms with E-state index in [0.29, 0.717) is 11.1 Å². The number of carbonyl (C=O) groups excluding carboxylic acids is 1. The third-order valence-corrected chi connectivity index (χ3v) is 5.21. The molecular weight excluding hydrogens is 314 g/mol. The summed E-state index contributed by atoms with van der Waals surface area (Å²) in [7, 11) is 0. The summed E-state index contributed by atoms with van der Waals surface area (Å²) in [5, 5.41) is 17.8. The zero-order chi connectivity index (χ0) is 17.2. The van der Waals surface area contributed by atoms with Gasteiger partial charge in [0.1, 0.15) is 5.82 Å². The van der Waals surface area contributed by atoms with Crippen LogP contribution in [0, 0.1) is 11.3 Å². The second-order valence-electron chi connectivity index (χ2n) is 6.78. The number of aryl methyl sites for hydroxylation is 1. The highest BCUT2D eigenvalue weighted by Gasteiger charge is 2.34. The van der Waals surface area contributed by atoms with Crippen molar-refractivity contribution in [2.75, 3.05) is 6.54 Å². The molecule has 1 unspecified atom stereocenters. The van der Waals surface area contributed by atoms with E-state index >= 15 is 0 Å². The molecule has 4 rings (SSSR count). The highest BCUT2D eigenvalue weighted by Crippen LogP contribution is 2.33. The minimum absolute atomic E-state index is 0.00231. The molecule has 0 N–H and O–H groups in total. The van der Waals surface area contributed by atoms with Gasteiger partial charge in [-0.3, -0.25) is 4.79 Å². The fourth-order valence-corrected chi connectivity index (χ4v) is 3.89. The number of likely N-dealkylation sites (tertiary alicyclic amines) is 1. The van der Waals surface area contributed by atoms with E-state index in [2.05, 4.69) is 20.8 Å². The normalized spacial score (nSPS) is 20.0. The number of aromatic nitrogens is 3. The third-order valence-electron chi connectivity index (χ3n) is 5.21. The molecule has 6 heteroatoms. The molecule has 1 amide bonds. The standard InChI is InChI=1S/C19H21N5O/c20-13-14-7-9-15(10-8-14)19(25)23-12-4-5-16(23)18-22-21-17-6-2-1-3-11-24(17)18/h7-10,16H,1-6,11-12H2. The summed E-state index contributed by atoms with van der Waals surface area (Å²) in [6, 6.07) is 8.95. The van der Waals surface area contributed by atoms with Gasteiger partial charge in [-0.05, 0) is 49.9 Å². The number of amides is 1. The number of benzene rings is 1. The third kappa shape index (κ3) is 2.91. The Hall–Kier alpha value is -2.68. The first-order chi connectivity index (χ1) is 12.3. The molecule has 2 aliphatic rings. The molecule has 128 valence electrons. The Morgan fingerprint density at radius 3 is 2.72 bits per heavy atom. The quantitative estimate of drug-likeness (QED) is 0.846. The van der Waals surface area contributed by atoms with E-state index in [0.717, 1.165) is 56.8 Å². The smallest absolute Gasteiger partial charge is 0.254 e.